The Balaban J connectivity index is 2.72. The molecule has 1 aromatic carbocycles. The van der Waals surface area contributed by atoms with Crippen molar-refractivity contribution in [3.8, 4) is 0 Å². The van der Waals surface area contributed by atoms with Crippen molar-refractivity contribution in [3.63, 3.8) is 0 Å². The summed E-state index contributed by atoms with van der Waals surface area (Å²) >= 11 is 5.51. The molecule has 0 amide bonds. The summed E-state index contributed by atoms with van der Waals surface area (Å²) in [6.45, 7) is 4.09. The Morgan fingerprint density at radius 2 is 2.07 bits per heavy atom. The SMILES string of the molecule is Cc1ccc(CC(=O)CCCl)c(C)c1. The number of carbonyl (C=O) groups is 1. The summed E-state index contributed by atoms with van der Waals surface area (Å²) in [7, 11) is 0. The summed E-state index contributed by atoms with van der Waals surface area (Å²) in [6.07, 6.45) is 0.980. The molecule has 0 aromatic heterocycles. The number of hydrogen-bond donors (Lipinski definition) is 0. The van der Waals surface area contributed by atoms with Crippen LogP contribution in [0.3, 0.4) is 0 Å². The molecule has 0 fully saturated rings. The average molecular weight is 211 g/mol. The van der Waals surface area contributed by atoms with Gasteiger partial charge in [0.25, 0.3) is 0 Å². The fraction of sp³-hybridized carbons (Fsp3) is 0.417. The number of benzene rings is 1. The first-order valence-electron chi connectivity index (χ1n) is 4.77. The smallest absolute Gasteiger partial charge is 0.138 e. The molecule has 0 bridgehead atoms. The zero-order valence-electron chi connectivity index (χ0n) is 8.64. The molecule has 0 aliphatic carbocycles. The van der Waals surface area contributed by atoms with Gasteiger partial charge in [0.2, 0.25) is 0 Å². The monoisotopic (exact) mass is 210 g/mol. The zero-order valence-corrected chi connectivity index (χ0v) is 9.40. The highest BCUT2D eigenvalue weighted by atomic mass is 35.5. The largest absolute Gasteiger partial charge is 0.299 e. The van der Waals surface area contributed by atoms with E-state index in [0.29, 0.717) is 18.7 Å². The van der Waals surface area contributed by atoms with Crippen LogP contribution >= 0.6 is 11.6 Å². The van der Waals surface area contributed by atoms with E-state index in [1.165, 1.54) is 11.1 Å². The molecule has 0 atom stereocenters. The summed E-state index contributed by atoms with van der Waals surface area (Å²) in [5.74, 6) is 0.635. The van der Waals surface area contributed by atoms with Crippen LogP contribution in [0.25, 0.3) is 0 Å². The van der Waals surface area contributed by atoms with Crippen molar-refractivity contribution in [2.75, 3.05) is 5.88 Å². The van der Waals surface area contributed by atoms with Gasteiger partial charge in [0.15, 0.2) is 0 Å². The minimum atomic E-state index is 0.215. The lowest BCUT2D eigenvalue weighted by atomic mass is 10.0. The predicted octanol–water partition coefficient (Wildman–Crippen LogP) is 3.04. The topological polar surface area (TPSA) is 17.1 Å². The highest BCUT2D eigenvalue weighted by molar-refractivity contribution is 6.19. The Labute approximate surface area is 90.1 Å². The Kier molecular flexibility index (Phi) is 4.15. The van der Waals surface area contributed by atoms with Crippen LogP contribution in [0.15, 0.2) is 18.2 Å². The second-order valence-corrected chi connectivity index (χ2v) is 3.96. The number of aryl methyl sites for hydroxylation is 2. The number of carbonyl (C=O) groups excluding carboxylic acids is 1. The van der Waals surface area contributed by atoms with Crippen molar-refractivity contribution in [1.82, 2.24) is 0 Å². The van der Waals surface area contributed by atoms with Crippen molar-refractivity contribution in [2.24, 2.45) is 0 Å². The van der Waals surface area contributed by atoms with Crippen LogP contribution in [0, 0.1) is 13.8 Å². The third-order valence-electron chi connectivity index (χ3n) is 2.26. The zero-order chi connectivity index (χ0) is 10.6. The molecule has 0 heterocycles. The standard InChI is InChI=1S/C12H15ClO/c1-9-3-4-11(10(2)7-9)8-12(14)5-6-13/h3-4,7H,5-6,8H2,1-2H3. The van der Waals surface area contributed by atoms with Gasteiger partial charge in [-0.05, 0) is 25.0 Å². The fourth-order valence-corrected chi connectivity index (χ4v) is 1.66. The Morgan fingerprint density at radius 3 is 2.64 bits per heavy atom. The van der Waals surface area contributed by atoms with Gasteiger partial charge < -0.3 is 0 Å². The van der Waals surface area contributed by atoms with Crippen LogP contribution in [-0.2, 0) is 11.2 Å². The summed E-state index contributed by atoms with van der Waals surface area (Å²) in [6, 6.07) is 6.16. The molecule has 0 aliphatic heterocycles. The lowest BCUT2D eigenvalue weighted by Gasteiger charge is -2.05. The van der Waals surface area contributed by atoms with Crippen molar-refractivity contribution in [3.05, 3.63) is 34.9 Å². The molecular weight excluding hydrogens is 196 g/mol. The fourth-order valence-electron chi connectivity index (χ4n) is 1.45. The first kappa shape index (κ1) is 11.3. The molecule has 0 N–H and O–H groups in total. The van der Waals surface area contributed by atoms with E-state index in [1.807, 2.05) is 19.1 Å². The minimum absolute atomic E-state index is 0.215. The molecule has 76 valence electrons. The van der Waals surface area contributed by atoms with Gasteiger partial charge in [0.05, 0.1) is 0 Å². The van der Waals surface area contributed by atoms with Gasteiger partial charge in [0, 0.05) is 18.7 Å². The minimum Gasteiger partial charge on any atom is -0.299 e. The number of alkyl halides is 1. The van der Waals surface area contributed by atoms with Gasteiger partial charge in [0.1, 0.15) is 5.78 Å². The lowest BCUT2D eigenvalue weighted by molar-refractivity contribution is -0.118. The first-order valence-corrected chi connectivity index (χ1v) is 5.30. The van der Waals surface area contributed by atoms with Crippen molar-refractivity contribution in [1.29, 1.82) is 0 Å². The normalized spacial score (nSPS) is 10.2. The van der Waals surface area contributed by atoms with Crippen LogP contribution in [0.4, 0.5) is 0 Å². The van der Waals surface area contributed by atoms with E-state index in [1.54, 1.807) is 0 Å². The molecule has 1 nitrogen and oxygen atoms in total. The molecule has 0 radical (unpaired) electrons. The summed E-state index contributed by atoms with van der Waals surface area (Å²) in [5.41, 5.74) is 3.54. The molecule has 0 unspecified atom stereocenters. The van der Waals surface area contributed by atoms with Crippen LogP contribution in [0.5, 0.6) is 0 Å². The van der Waals surface area contributed by atoms with E-state index < -0.39 is 0 Å². The Hall–Kier alpha value is -0.820. The van der Waals surface area contributed by atoms with Gasteiger partial charge in [-0.25, -0.2) is 0 Å². The Bertz CT molecular complexity index is 331. The van der Waals surface area contributed by atoms with Crippen LogP contribution in [0.1, 0.15) is 23.1 Å². The Morgan fingerprint density at radius 1 is 1.36 bits per heavy atom. The van der Waals surface area contributed by atoms with Crippen LogP contribution in [0.2, 0.25) is 0 Å². The van der Waals surface area contributed by atoms with Crippen LogP contribution in [-0.4, -0.2) is 11.7 Å². The molecule has 2 heteroatoms. The van der Waals surface area contributed by atoms with Gasteiger partial charge in [-0.2, -0.15) is 0 Å². The molecule has 1 rings (SSSR count). The van der Waals surface area contributed by atoms with Crippen molar-refractivity contribution in [2.45, 2.75) is 26.7 Å². The van der Waals surface area contributed by atoms with Crippen molar-refractivity contribution >= 4 is 17.4 Å². The molecule has 0 saturated heterocycles. The highest BCUT2D eigenvalue weighted by Crippen LogP contribution is 2.12. The molecule has 14 heavy (non-hydrogen) atoms. The number of hydrogen-bond acceptors (Lipinski definition) is 1. The average Bonchev–Trinajstić information content (AvgIpc) is 2.10. The summed E-state index contributed by atoms with van der Waals surface area (Å²) < 4.78 is 0. The molecule has 0 spiro atoms. The number of halogens is 1. The first-order chi connectivity index (χ1) is 6.63. The van der Waals surface area contributed by atoms with E-state index in [0.717, 1.165) is 5.56 Å². The van der Waals surface area contributed by atoms with E-state index in [2.05, 4.69) is 13.0 Å². The number of Topliss-reactive ketones (excluding diaryl/α,β-unsaturated/α-hetero) is 1. The third-order valence-corrected chi connectivity index (χ3v) is 2.45. The number of ketones is 1. The van der Waals surface area contributed by atoms with Crippen molar-refractivity contribution < 1.29 is 4.79 Å². The maximum absolute atomic E-state index is 11.4. The lowest BCUT2D eigenvalue weighted by Crippen LogP contribution is -2.04. The van der Waals surface area contributed by atoms with Crippen LogP contribution < -0.4 is 0 Å². The van der Waals surface area contributed by atoms with E-state index >= 15 is 0 Å². The van der Waals surface area contributed by atoms with Gasteiger partial charge in [-0.15, -0.1) is 11.6 Å². The third kappa shape index (κ3) is 3.15. The molecule has 0 saturated carbocycles. The van der Waals surface area contributed by atoms with Gasteiger partial charge >= 0.3 is 0 Å². The predicted molar refractivity (Wildman–Crippen MR) is 60.0 cm³/mol. The van der Waals surface area contributed by atoms with E-state index in [-0.39, 0.29) is 5.78 Å². The maximum atomic E-state index is 11.4. The van der Waals surface area contributed by atoms with E-state index in [9.17, 15) is 4.79 Å². The highest BCUT2D eigenvalue weighted by Gasteiger charge is 2.05. The molecule has 1 aromatic rings. The maximum Gasteiger partial charge on any atom is 0.138 e. The van der Waals surface area contributed by atoms with Gasteiger partial charge in [-0.1, -0.05) is 23.8 Å². The second kappa shape index (κ2) is 5.16. The molecule has 0 aliphatic rings. The number of rotatable bonds is 4. The second-order valence-electron chi connectivity index (χ2n) is 3.58. The van der Waals surface area contributed by atoms with E-state index in [4.69, 9.17) is 11.6 Å². The quantitative estimate of drug-likeness (QED) is 0.699. The summed E-state index contributed by atoms with van der Waals surface area (Å²) in [4.78, 5) is 11.4. The van der Waals surface area contributed by atoms with Gasteiger partial charge in [-0.3, -0.25) is 4.79 Å². The summed E-state index contributed by atoms with van der Waals surface area (Å²) in [5, 5.41) is 0. The molecular formula is C12H15ClO.